The minimum absolute atomic E-state index is 0.170. The van der Waals surface area contributed by atoms with Crippen molar-refractivity contribution in [1.29, 1.82) is 0 Å². The van der Waals surface area contributed by atoms with Gasteiger partial charge in [0.25, 0.3) is 0 Å². The van der Waals surface area contributed by atoms with Crippen LogP contribution in [0.1, 0.15) is 162 Å². The average Bonchev–Trinajstić information content (AvgIpc) is 3.25. The smallest absolute Gasteiger partial charge is 0.197 e. The van der Waals surface area contributed by atoms with E-state index in [0.717, 1.165) is 12.1 Å². The number of hydrogen-bond acceptors (Lipinski definition) is 3. The van der Waals surface area contributed by atoms with Gasteiger partial charge in [0, 0.05) is 30.4 Å². The fourth-order valence-corrected chi connectivity index (χ4v) is 6.13. The summed E-state index contributed by atoms with van der Waals surface area (Å²) < 4.78 is 0. The molecular weight excluding hydrogens is 514 g/mol. The fraction of sp³-hybridized carbons (Fsp3) is 0.590. The first-order valence-corrected chi connectivity index (χ1v) is 17.3. The van der Waals surface area contributed by atoms with Crippen LogP contribution in [-0.2, 0) is 0 Å². The lowest BCUT2D eigenvalue weighted by Gasteiger charge is -2.19. The predicted octanol–water partition coefficient (Wildman–Crippen LogP) is 11.4. The molecule has 0 spiro atoms. The van der Waals surface area contributed by atoms with Crippen molar-refractivity contribution in [3.63, 3.8) is 0 Å². The van der Waals surface area contributed by atoms with Crippen LogP contribution in [0.15, 0.2) is 54.1 Å². The van der Waals surface area contributed by atoms with Gasteiger partial charge >= 0.3 is 0 Å². The molecule has 3 rings (SSSR count). The molecule has 42 heavy (non-hydrogen) atoms. The molecule has 0 amide bonds. The lowest BCUT2D eigenvalue weighted by atomic mass is 10.0. The molecule has 230 valence electrons. The zero-order valence-electron chi connectivity index (χ0n) is 26.8. The molecule has 0 aromatic heterocycles. The molecule has 1 aliphatic rings. The third-order valence-corrected chi connectivity index (χ3v) is 8.90. The molecule has 0 saturated heterocycles. The summed E-state index contributed by atoms with van der Waals surface area (Å²) in [5, 5.41) is 0. The molecule has 0 atom stereocenters. The zero-order chi connectivity index (χ0) is 29.8. The van der Waals surface area contributed by atoms with E-state index in [1.165, 1.54) is 134 Å². The Labute approximate surface area is 257 Å². The number of rotatable bonds is 23. The number of nitrogens with zero attached hydrogens (tertiary/aromatic N) is 1. The van der Waals surface area contributed by atoms with Crippen LogP contribution in [0.4, 0.5) is 5.69 Å². The van der Waals surface area contributed by atoms with Crippen LogP contribution >= 0.6 is 0 Å². The molecule has 0 saturated carbocycles. The second kappa shape index (κ2) is 20.3. The van der Waals surface area contributed by atoms with Gasteiger partial charge in [-0.3, -0.25) is 9.59 Å². The monoisotopic (exact) mass is 571 g/mol. The number of fused-ring (bicyclic) bond motifs is 1. The molecule has 0 unspecified atom stereocenters. The van der Waals surface area contributed by atoms with Crippen LogP contribution in [-0.4, -0.2) is 25.2 Å². The van der Waals surface area contributed by atoms with Crippen molar-refractivity contribution in [2.45, 2.75) is 135 Å². The second-order valence-corrected chi connectivity index (χ2v) is 12.5. The third kappa shape index (κ3) is 11.9. The molecule has 2 aromatic carbocycles. The first-order valence-electron chi connectivity index (χ1n) is 17.3. The lowest BCUT2D eigenvalue weighted by molar-refractivity contribution is 0.0990. The van der Waals surface area contributed by atoms with E-state index in [1.54, 1.807) is 30.3 Å². The number of anilines is 1. The van der Waals surface area contributed by atoms with Crippen LogP contribution in [0, 0.1) is 0 Å². The first-order chi connectivity index (χ1) is 20.6. The zero-order valence-corrected chi connectivity index (χ0v) is 26.8. The highest BCUT2D eigenvalue weighted by molar-refractivity contribution is 6.41. The summed E-state index contributed by atoms with van der Waals surface area (Å²) >= 11 is 0. The summed E-state index contributed by atoms with van der Waals surface area (Å²) in [5.74, 6) is -0.340. The number of hydrogen-bond donors (Lipinski definition) is 0. The number of ketones is 2. The van der Waals surface area contributed by atoms with Crippen LogP contribution in [0.5, 0.6) is 0 Å². The number of carbonyl (C=O) groups excluding carboxylic acids is 2. The highest BCUT2D eigenvalue weighted by Crippen LogP contribution is 2.28. The highest BCUT2D eigenvalue weighted by atomic mass is 16.2. The van der Waals surface area contributed by atoms with E-state index in [1.807, 2.05) is 12.1 Å². The summed E-state index contributed by atoms with van der Waals surface area (Å²) in [7, 11) is 2.14. The maximum absolute atomic E-state index is 12.6. The molecule has 0 heterocycles. The SMILES string of the molecule is CCCCCCCCCCCCCCCCCCCCCCN(C)c1ccc(C=C2C(=O)c3ccccc3C2=O)cc1. The highest BCUT2D eigenvalue weighted by Gasteiger charge is 2.32. The van der Waals surface area contributed by atoms with Gasteiger partial charge < -0.3 is 4.90 Å². The number of unbranched alkanes of at least 4 members (excludes halogenated alkanes) is 19. The molecule has 0 aliphatic heterocycles. The summed E-state index contributed by atoms with van der Waals surface area (Å²) in [6, 6.07) is 15.2. The van der Waals surface area contributed by atoms with Gasteiger partial charge in [-0.1, -0.05) is 165 Å². The lowest BCUT2D eigenvalue weighted by Crippen LogP contribution is -2.18. The van der Waals surface area contributed by atoms with Crippen molar-refractivity contribution >= 4 is 23.3 Å². The predicted molar refractivity (Wildman–Crippen MR) is 181 cm³/mol. The Bertz CT molecular complexity index is 1050. The summed E-state index contributed by atoms with van der Waals surface area (Å²) in [5.41, 5.74) is 3.35. The van der Waals surface area contributed by atoms with Gasteiger partial charge in [-0.15, -0.1) is 0 Å². The Kier molecular flexibility index (Phi) is 16.3. The van der Waals surface area contributed by atoms with Gasteiger partial charge in [0.2, 0.25) is 0 Å². The summed E-state index contributed by atoms with van der Waals surface area (Å²) in [4.78, 5) is 27.6. The van der Waals surface area contributed by atoms with E-state index in [0.29, 0.717) is 11.1 Å². The van der Waals surface area contributed by atoms with Crippen molar-refractivity contribution in [3.8, 4) is 0 Å². The molecule has 0 radical (unpaired) electrons. The Morgan fingerprint density at radius 1 is 0.524 bits per heavy atom. The van der Waals surface area contributed by atoms with Gasteiger partial charge in [0.05, 0.1) is 5.57 Å². The second-order valence-electron chi connectivity index (χ2n) is 12.5. The van der Waals surface area contributed by atoms with Gasteiger partial charge in [-0.05, 0) is 30.2 Å². The van der Waals surface area contributed by atoms with Crippen molar-refractivity contribution in [2.75, 3.05) is 18.5 Å². The number of benzene rings is 2. The third-order valence-electron chi connectivity index (χ3n) is 8.90. The van der Waals surface area contributed by atoms with Crippen molar-refractivity contribution in [1.82, 2.24) is 0 Å². The van der Waals surface area contributed by atoms with Crippen molar-refractivity contribution in [2.24, 2.45) is 0 Å². The molecule has 3 heteroatoms. The van der Waals surface area contributed by atoms with Crippen LogP contribution in [0.25, 0.3) is 6.08 Å². The molecule has 0 bridgehead atoms. The fourth-order valence-electron chi connectivity index (χ4n) is 6.13. The number of carbonyl (C=O) groups is 2. The van der Waals surface area contributed by atoms with E-state index in [2.05, 4.69) is 31.0 Å². The van der Waals surface area contributed by atoms with Crippen molar-refractivity contribution in [3.05, 3.63) is 70.8 Å². The van der Waals surface area contributed by atoms with Gasteiger partial charge in [0.1, 0.15) is 0 Å². The molecule has 0 fully saturated rings. The van der Waals surface area contributed by atoms with E-state index < -0.39 is 0 Å². The minimum atomic E-state index is -0.170. The van der Waals surface area contributed by atoms with Crippen LogP contribution in [0.3, 0.4) is 0 Å². The largest absolute Gasteiger partial charge is 0.375 e. The standard InChI is InChI=1S/C39H57NO2/c1-3-4-5-6-7-8-9-10-11-12-13-14-15-16-17-18-19-20-21-24-31-40(2)34-29-27-33(28-30-34)32-37-38(41)35-25-22-23-26-36(35)39(37)42/h22-23,25-30,32H,3-21,24,31H2,1-2H3. The van der Waals surface area contributed by atoms with Gasteiger partial charge in [0.15, 0.2) is 11.6 Å². The summed E-state index contributed by atoms with van der Waals surface area (Å²) in [6.07, 6.45) is 29.9. The maximum Gasteiger partial charge on any atom is 0.197 e. The van der Waals surface area contributed by atoms with Crippen molar-refractivity contribution < 1.29 is 9.59 Å². The maximum atomic E-state index is 12.6. The Morgan fingerprint density at radius 3 is 1.31 bits per heavy atom. The first kappa shape index (κ1) is 33.8. The van der Waals surface area contributed by atoms with E-state index in [4.69, 9.17) is 0 Å². The molecule has 3 nitrogen and oxygen atoms in total. The average molecular weight is 572 g/mol. The Morgan fingerprint density at radius 2 is 0.905 bits per heavy atom. The molecule has 2 aromatic rings. The summed E-state index contributed by atoms with van der Waals surface area (Å²) in [6.45, 7) is 3.34. The molecular formula is C39H57NO2. The van der Waals surface area contributed by atoms with E-state index in [-0.39, 0.29) is 17.1 Å². The quantitative estimate of drug-likeness (QED) is 0.0756. The molecule has 1 aliphatic carbocycles. The molecule has 0 N–H and O–H groups in total. The topological polar surface area (TPSA) is 37.4 Å². The van der Waals surface area contributed by atoms with Crippen LogP contribution < -0.4 is 4.90 Å². The van der Waals surface area contributed by atoms with E-state index >= 15 is 0 Å². The van der Waals surface area contributed by atoms with E-state index in [9.17, 15) is 9.59 Å². The Balaban J connectivity index is 1.15. The van der Waals surface area contributed by atoms with Gasteiger partial charge in [-0.2, -0.15) is 0 Å². The minimum Gasteiger partial charge on any atom is -0.375 e. The van der Waals surface area contributed by atoms with Crippen LogP contribution in [0.2, 0.25) is 0 Å². The normalized spacial score (nSPS) is 12.7. The van der Waals surface area contributed by atoms with Gasteiger partial charge in [-0.25, -0.2) is 0 Å². The number of allylic oxidation sites excluding steroid dienone is 1. The Hall–Kier alpha value is -2.68. The number of Topliss-reactive ketones (excluding diaryl/α,β-unsaturated/α-hetero) is 2.